The Labute approximate surface area is 108 Å². The van der Waals surface area contributed by atoms with Gasteiger partial charge in [-0.25, -0.2) is 4.79 Å². The van der Waals surface area contributed by atoms with Crippen molar-refractivity contribution in [1.82, 2.24) is 10.2 Å². The lowest BCUT2D eigenvalue weighted by Crippen LogP contribution is -2.47. The van der Waals surface area contributed by atoms with E-state index < -0.39 is 5.97 Å². The van der Waals surface area contributed by atoms with Gasteiger partial charge in [0, 0.05) is 20.1 Å². The molecule has 0 atom stereocenters. The summed E-state index contributed by atoms with van der Waals surface area (Å²) in [5, 5.41) is 11.7. The predicted molar refractivity (Wildman–Crippen MR) is 69.4 cm³/mol. The summed E-state index contributed by atoms with van der Waals surface area (Å²) < 4.78 is 0. The molecule has 0 heterocycles. The summed E-state index contributed by atoms with van der Waals surface area (Å²) in [6.07, 6.45) is 2.94. The Bertz CT molecular complexity index is 348. The van der Waals surface area contributed by atoms with Gasteiger partial charge < -0.3 is 15.3 Å². The Morgan fingerprint density at radius 1 is 1.44 bits per heavy atom. The normalized spacial score (nSPS) is 16.6. The summed E-state index contributed by atoms with van der Waals surface area (Å²) in [7, 11) is 1.70. The van der Waals surface area contributed by atoms with Gasteiger partial charge in [-0.15, -0.1) is 0 Å². The molecule has 1 rings (SSSR count). The number of likely N-dealkylation sites (N-methyl/N-ethyl adjacent to an activating group) is 1. The molecule has 5 nitrogen and oxygen atoms in total. The summed E-state index contributed by atoms with van der Waals surface area (Å²) in [6, 6.07) is -0.172. The number of nitrogens with one attached hydrogen (secondary N) is 1. The van der Waals surface area contributed by atoms with E-state index >= 15 is 0 Å². The maximum absolute atomic E-state index is 11.8. The molecule has 102 valence electrons. The molecular weight excluding hydrogens is 232 g/mol. The average Bonchev–Trinajstić information content (AvgIpc) is 2.19. The lowest BCUT2D eigenvalue weighted by atomic mass is 9.66. The highest BCUT2D eigenvalue weighted by atomic mass is 16.4. The molecule has 2 N–H and O–H groups in total. The van der Waals surface area contributed by atoms with Gasteiger partial charge >= 0.3 is 12.0 Å². The zero-order chi connectivity index (χ0) is 13.8. The van der Waals surface area contributed by atoms with Gasteiger partial charge in [-0.1, -0.05) is 18.6 Å². The van der Waals surface area contributed by atoms with E-state index in [2.05, 4.69) is 11.9 Å². The van der Waals surface area contributed by atoms with Crippen molar-refractivity contribution in [1.29, 1.82) is 0 Å². The first kappa shape index (κ1) is 14.5. The third kappa shape index (κ3) is 4.05. The van der Waals surface area contributed by atoms with Crippen molar-refractivity contribution in [3.63, 3.8) is 0 Å². The predicted octanol–water partition coefficient (Wildman–Crippen LogP) is 1.85. The minimum atomic E-state index is -0.792. The Morgan fingerprint density at radius 2 is 2.06 bits per heavy atom. The maximum Gasteiger partial charge on any atom is 0.317 e. The summed E-state index contributed by atoms with van der Waals surface area (Å²) in [5.41, 5.74) is 0.683. The van der Waals surface area contributed by atoms with Gasteiger partial charge in [0.2, 0.25) is 0 Å². The lowest BCUT2D eigenvalue weighted by Gasteiger charge is -2.41. The molecule has 1 aliphatic rings. The van der Waals surface area contributed by atoms with Crippen molar-refractivity contribution >= 4 is 12.0 Å². The van der Waals surface area contributed by atoms with Crippen LogP contribution in [-0.2, 0) is 4.79 Å². The molecule has 0 radical (unpaired) electrons. The first-order valence-electron chi connectivity index (χ1n) is 6.20. The fourth-order valence-electron chi connectivity index (χ4n) is 2.29. The summed E-state index contributed by atoms with van der Waals surface area (Å²) in [6.45, 7) is 6.57. The second kappa shape index (κ2) is 5.89. The summed E-state index contributed by atoms with van der Waals surface area (Å²) in [5.74, 6) is -0.792. The fourth-order valence-corrected chi connectivity index (χ4v) is 2.29. The van der Waals surface area contributed by atoms with E-state index in [0.29, 0.717) is 13.1 Å². The number of carbonyl (C=O) groups is 2. The van der Waals surface area contributed by atoms with E-state index in [9.17, 15) is 9.59 Å². The molecule has 0 unspecified atom stereocenters. The molecule has 0 bridgehead atoms. The molecular formula is C13H22N2O3. The highest BCUT2D eigenvalue weighted by Gasteiger charge is 2.39. The van der Waals surface area contributed by atoms with Crippen LogP contribution in [0.15, 0.2) is 12.2 Å². The molecule has 18 heavy (non-hydrogen) atoms. The second-order valence-electron chi connectivity index (χ2n) is 5.40. The number of aliphatic carboxylic acids is 1. The average molecular weight is 254 g/mol. The number of hydrogen-bond donors (Lipinski definition) is 2. The fraction of sp³-hybridized carbons (Fsp3) is 0.692. The monoisotopic (exact) mass is 254 g/mol. The van der Waals surface area contributed by atoms with Crippen LogP contribution >= 0.6 is 0 Å². The minimum Gasteiger partial charge on any atom is -0.481 e. The highest BCUT2D eigenvalue weighted by Crippen LogP contribution is 2.43. The maximum atomic E-state index is 11.8. The van der Waals surface area contributed by atoms with Crippen molar-refractivity contribution in [2.75, 3.05) is 20.1 Å². The SMILES string of the molecule is C=C(C)CN(C)C(=O)NCC1(CC(=O)O)CCC1. The molecule has 2 amide bonds. The molecule has 1 saturated carbocycles. The van der Waals surface area contributed by atoms with Gasteiger partial charge in [0.1, 0.15) is 0 Å². The standard InChI is InChI=1S/C13H22N2O3/c1-10(2)8-15(3)12(18)14-9-13(5-4-6-13)7-11(16)17/h1,4-9H2,2-3H3,(H,14,18)(H,16,17). The van der Waals surface area contributed by atoms with E-state index in [-0.39, 0.29) is 17.9 Å². The van der Waals surface area contributed by atoms with Crippen LogP contribution in [0.1, 0.15) is 32.6 Å². The second-order valence-corrected chi connectivity index (χ2v) is 5.40. The van der Waals surface area contributed by atoms with E-state index in [1.807, 2.05) is 6.92 Å². The van der Waals surface area contributed by atoms with Gasteiger partial charge in [-0.3, -0.25) is 4.79 Å². The van der Waals surface area contributed by atoms with E-state index in [1.54, 1.807) is 11.9 Å². The molecule has 0 aromatic rings. The molecule has 0 saturated heterocycles. The van der Waals surface area contributed by atoms with Gasteiger partial charge in [0.05, 0.1) is 6.42 Å². The van der Waals surface area contributed by atoms with E-state index in [1.165, 1.54) is 0 Å². The van der Waals surface area contributed by atoms with Crippen molar-refractivity contribution in [2.45, 2.75) is 32.6 Å². The number of carboxylic acids is 1. The topological polar surface area (TPSA) is 69.6 Å². The molecule has 0 aromatic carbocycles. The van der Waals surface area contributed by atoms with Gasteiger partial charge in [-0.2, -0.15) is 0 Å². The molecule has 0 spiro atoms. The first-order valence-corrected chi connectivity index (χ1v) is 6.20. The number of rotatable bonds is 6. The van der Waals surface area contributed by atoms with Gasteiger partial charge in [0.25, 0.3) is 0 Å². The zero-order valence-electron chi connectivity index (χ0n) is 11.2. The van der Waals surface area contributed by atoms with Crippen LogP contribution in [0.3, 0.4) is 0 Å². The number of carboxylic acid groups (broad SMARTS) is 1. The first-order chi connectivity index (χ1) is 8.34. The van der Waals surface area contributed by atoms with Gasteiger partial charge in [-0.05, 0) is 25.2 Å². The number of nitrogens with zero attached hydrogens (tertiary/aromatic N) is 1. The van der Waals surface area contributed by atoms with Crippen LogP contribution in [0.25, 0.3) is 0 Å². The molecule has 5 heteroatoms. The number of hydrogen-bond acceptors (Lipinski definition) is 2. The smallest absolute Gasteiger partial charge is 0.317 e. The zero-order valence-corrected chi connectivity index (χ0v) is 11.2. The van der Waals surface area contributed by atoms with Crippen LogP contribution in [0.2, 0.25) is 0 Å². The van der Waals surface area contributed by atoms with Crippen molar-refractivity contribution < 1.29 is 14.7 Å². The van der Waals surface area contributed by atoms with Crippen LogP contribution in [0, 0.1) is 5.41 Å². The Hall–Kier alpha value is -1.52. The molecule has 0 aromatic heterocycles. The van der Waals surface area contributed by atoms with E-state index in [4.69, 9.17) is 5.11 Å². The van der Waals surface area contributed by atoms with E-state index in [0.717, 1.165) is 24.8 Å². The minimum absolute atomic E-state index is 0.136. The van der Waals surface area contributed by atoms with Crippen molar-refractivity contribution in [3.05, 3.63) is 12.2 Å². The van der Waals surface area contributed by atoms with Crippen LogP contribution < -0.4 is 5.32 Å². The quantitative estimate of drug-likeness (QED) is 0.711. The van der Waals surface area contributed by atoms with Gasteiger partial charge in [0.15, 0.2) is 0 Å². The number of carbonyl (C=O) groups excluding carboxylic acids is 1. The Balaban J connectivity index is 2.41. The number of amides is 2. The third-order valence-corrected chi connectivity index (χ3v) is 3.41. The highest BCUT2D eigenvalue weighted by molar-refractivity contribution is 5.74. The summed E-state index contributed by atoms with van der Waals surface area (Å²) >= 11 is 0. The lowest BCUT2D eigenvalue weighted by molar-refractivity contribution is -0.141. The third-order valence-electron chi connectivity index (χ3n) is 3.41. The van der Waals surface area contributed by atoms with Crippen molar-refractivity contribution in [3.8, 4) is 0 Å². The van der Waals surface area contributed by atoms with Crippen molar-refractivity contribution in [2.24, 2.45) is 5.41 Å². The van der Waals surface area contributed by atoms with Crippen LogP contribution in [0.5, 0.6) is 0 Å². The molecule has 1 fully saturated rings. The molecule has 0 aliphatic heterocycles. The number of urea groups is 1. The molecule has 1 aliphatic carbocycles. The summed E-state index contributed by atoms with van der Waals surface area (Å²) in [4.78, 5) is 24.1. The van der Waals surface area contributed by atoms with Crippen LogP contribution in [0.4, 0.5) is 4.79 Å². The Morgan fingerprint density at radius 3 is 2.44 bits per heavy atom. The van der Waals surface area contributed by atoms with Crippen LogP contribution in [-0.4, -0.2) is 42.1 Å². The Kier molecular flexibility index (Phi) is 4.76. The largest absolute Gasteiger partial charge is 0.481 e.